The van der Waals surface area contributed by atoms with Gasteiger partial charge in [0, 0.05) is 18.3 Å². The minimum atomic E-state index is -0.518. The first kappa shape index (κ1) is 26.6. The van der Waals surface area contributed by atoms with Crippen LogP contribution in [0.15, 0.2) is 48.5 Å². The maximum absolute atomic E-state index is 13.3. The second kappa shape index (κ2) is 13.8. The van der Waals surface area contributed by atoms with E-state index in [4.69, 9.17) is 9.47 Å². The van der Waals surface area contributed by atoms with Gasteiger partial charge in [0.1, 0.15) is 17.5 Å². The summed E-state index contributed by atoms with van der Waals surface area (Å²) in [7, 11) is 3.26. The summed E-state index contributed by atoms with van der Waals surface area (Å²) in [4.78, 5) is 28.0. The summed E-state index contributed by atoms with van der Waals surface area (Å²) in [6.45, 7) is 6.32. The number of nitrogens with zero attached hydrogens (tertiary/aromatic N) is 1. The fourth-order valence-corrected chi connectivity index (χ4v) is 4.22. The Morgan fingerprint density at radius 2 is 1.45 bits per heavy atom. The highest BCUT2D eigenvalue weighted by Crippen LogP contribution is 2.20. The van der Waals surface area contributed by atoms with Crippen molar-refractivity contribution >= 4 is 23.6 Å². The normalized spacial score (nSPS) is 12.5. The zero-order valence-corrected chi connectivity index (χ0v) is 21.1. The van der Waals surface area contributed by atoms with Crippen molar-refractivity contribution in [1.29, 1.82) is 0 Å². The first-order chi connectivity index (χ1) is 15.9. The largest absolute Gasteiger partial charge is 0.497 e. The molecule has 180 valence electrons. The van der Waals surface area contributed by atoms with Crippen molar-refractivity contribution < 1.29 is 19.1 Å². The lowest BCUT2D eigenvalue weighted by Crippen LogP contribution is -2.51. The van der Waals surface area contributed by atoms with Gasteiger partial charge in [0.2, 0.25) is 11.8 Å². The van der Waals surface area contributed by atoms with E-state index in [0.717, 1.165) is 29.0 Å². The van der Waals surface area contributed by atoms with E-state index in [9.17, 15) is 9.59 Å². The molecule has 0 saturated heterocycles. The van der Waals surface area contributed by atoms with Gasteiger partial charge in [0.15, 0.2) is 0 Å². The van der Waals surface area contributed by atoms with Crippen LogP contribution < -0.4 is 14.8 Å². The molecule has 0 aliphatic heterocycles. The molecule has 0 aromatic heterocycles. The molecule has 33 heavy (non-hydrogen) atoms. The van der Waals surface area contributed by atoms with Crippen LogP contribution in [0.2, 0.25) is 0 Å². The van der Waals surface area contributed by atoms with Gasteiger partial charge < -0.3 is 19.7 Å². The van der Waals surface area contributed by atoms with Crippen LogP contribution in [0.4, 0.5) is 0 Å². The van der Waals surface area contributed by atoms with Crippen LogP contribution in [-0.4, -0.2) is 48.8 Å². The van der Waals surface area contributed by atoms with E-state index in [0.29, 0.717) is 24.5 Å². The molecule has 0 fully saturated rings. The Bertz CT molecular complexity index is 871. The average molecular weight is 473 g/mol. The third-order valence-corrected chi connectivity index (χ3v) is 6.54. The molecule has 2 aromatic rings. The summed E-state index contributed by atoms with van der Waals surface area (Å²) in [6, 6.07) is 15.0. The predicted octanol–water partition coefficient (Wildman–Crippen LogP) is 4.66. The third-order valence-electron chi connectivity index (χ3n) is 5.55. The Labute approximate surface area is 202 Å². The van der Waals surface area contributed by atoms with Gasteiger partial charge in [-0.15, -0.1) is 11.8 Å². The molecule has 0 unspecified atom stereocenters. The minimum absolute atomic E-state index is 0.0459. The fourth-order valence-electron chi connectivity index (χ4n) is 3.35. The molecular weight excluding hydrogens is 436 g/mol. The molecule has 2 aromatic carbocycles. The number of ether oxygens (including phenoxy) is 2. The topological polar surface area (TPSA) is 67.9 Å². The van der Waals surface area contributed by atoms with Gasteiger partial charge >= 0.3 is 0 Å². The maximum atomic E-state index is 13.3. The van der Waals surface area contributed by atoms with Crippen molar-refractivity contribution in [3.63, 3.8) is 0 Å². The van der Waals surface area contributed by atoms with Crippen LogP contribution in [0.25, 0.3) is 0 Å². The molecule has 0 heterocycles. The van der Waals surface area contributed by atoms with Gasteiger partial charge in [0.25, 0.3) is 0 Å². The van der Waals surface area contributed by atoms with Crippen LogP contribution in [0.3, 0.4) is 0 Å². The monoisotopic (exact) mass is 472 g/mol. The number of thioether (sulfide) groups is 1. The fraction of sp³-hybridized carbons (Fsp3) is 0.462. The van der Waals surface area contributed by atoms with Crippen molar-refractivity contribution in [2.24, 2.45) is 0 Å². The molecule has 0 aliphatic carbocycles. The number of hydrogen-bond donors (Lipinski definition) is 1. The van der Waals surface area contributed by atoms with Crippen molar-refractivity contribution in [2.45, 2.75) is 58.0 Å². The lowest BCUT2D eigenvalue weighted by Gasteiger charge is -2.31. The third kappa shape index (κ3) is 8.31. The molecule has 0 radical (unpaired) electrons. The summed E-state index contributed by atoms with van der Waals surface area (Å²) in [5.41, 5.74) is 2.08. The standard InChI is InChI=1S/C26H36N2O4S/c1-6-19(3)27-26(30)24(7-2)28(16-20-8-12-22(31-4)13-9-20)25(29)18-33-17-21-10-14-23(32-5)15-11-21/h8-15,19,24H,6-7,16-18H2,1-5H3,(H,27,30)/t19-,24-/m1/s1. The molecule has 2 atom stereocenters. The number of methoxy groups -OCH3 is 2. The Hall–Kier alpha value is -2.67. The van der Waals surface area contributed by atoms with Gasteiger partial charge in [-0.2, -0.15) is 0 Å². The molecule has 0 saturated carbocycles. The van der Waals surface area contributed by atoms with Crippen LogP contribution in [0.1, 0.15) is 44.7 Å². The van der Waals surface area contributed by atoms with E-state index in [1.54, 1.807) is 30.9 Å². The first-order valence-corrected chi connectivity index (χ1v) is 12.5. The average Bonchev–Trinajstić information content (AvgIpc) is 2.84. The van der Waals surface area contributed by atoms with Crippen molar-refractivity contribution in [2.75, 3.05) is 20.0 Å². The highest BCUT2D eigenvalue weighted by Gasteiger charge is 2.29. The van der Waals surface area contributed by atoms with Crippen LogP contribution in [0.5, 0.6) is 11.5 Å². The SMILES string of the molecule is CC[C@@H](C)NC(=O)[C@@H](CC)N(Cc1ccc(OC)cc1)C(=O)CSCc1ccc(OC)cc1. The van der Waals surface area contributed by atoms with Crippen molar-refractivity contribution in [3.05, 3.63) is 59.7 Å². The van der Waals surface area contributed by atoms with E-state index < -0.39 is 6.04 Å². The molecule has 2 amide bonds. The molecule has 2 rings (SSSR count). The van der Waals surface area contributed by atoms with E-state index in [1.807, 2.05) is 69.3 Å². The maximum Gasteiger partial charge on any atom is 0.243 e. The van der Waals surface area contributed by atoms with E-state index in [2.05, 4.69) is 5.32 Å². The van der Waals surface area contributed by atoms with Crippen LogP contribution in [-0.2, 0) is 21.9 Å². The molecule has 1 N–H and O–H groups in total. The van der Waals surface area contributed by atoms with Crippen molar-refractivity contribution in [3.8, 4) is 11.5 Å². The van der Waals surface area contributed by atoms with Gasteiger partial charge in [-0.05, 0) is 55.2 Å². The van der Waals surface area contributed by atoms with Crippen molar-refractivity contribution in [1.82, 2.24) is 10.2 Å². The zero-order chi connectivity index (χ0) is 24.2. The van der Waals surface area contributed by atoms with Gasteiger partial charge in [-0.25, -0.2) is 0 Å². The van der Waals surface area contributed by atoms with Gasteiger partial charge in [0.05, 0.1) is 20.0 Å². The molecule has 0 bridgehead atoms. The smallest absolute Gasteiger partial charge is 0.243 e. The molecular formula is C26H36N2O4S. The van der Waals surface area contributed by atoms with Crippen LogP contribution in [0, 0.1) is 0 Å². The lowest BCUT2D eigenvalue weighted by molar-refractivity contribution is -0.139. The second-order valence-electron chi connectivity index (χ2n) is 7.95. The number of carbonyl (C=O) groups is 2. The molecule has 6 nitrogen and oxygen atoms in total. The zero-order valence-electron chi connectivity index (χ0n) is 20.3. The Balaban J connectivity index is 2.12. The predicted molar refractivity (Wildman–Crippen MR) is 135 cm³/mol. The van der Waals surface area contributed by atoms with E-state index >= 15 is 0 Å². The molecule has 7 heteroatoms. The summed E-state index contributed by atoms with van der Waals surface area (Å²) in [5.74, 6) is 2.43. The van der Waals surface area contributed by atoms with Crippen LogP contribution >= 0.6 is 11.8 Å². The highest BCUT2D eigenvalue weighted by molar-refractivity contribution is 7.99. The summed E-state index contributed by atoms with van der Waals surface area (Å²) in [6.07, 6.45) is 1.39. The Morgan fingerprint density at radius 3 is 1.94 bits per heavy atom. The molecule has 0 aliphatic rings. The number of carbonyl (C=O) groups excluding carboxylic acids is 2. The number of amides is 2. The quantitative estimate of drug-likeness (QED) is 0.459. The number of benzene rings is 2. The highest BCUT2D eigenvalue weighted by atomic mass is 32.2. The second-order valence-corrected chi connectivity index (χ2v) is 8.94. The van der Waals surface area contributed by atoms with E-state index in [-0.39, 0.29) is 17.9 Å². The molecule has 0 spiro atoms. The lowest BCUT2D eigenvalue weighted by atomic mass is 10.1. The first-order valence-electron chi connectivity index (χ1n) is 11.3. The summed E-state index contributed by atoms with van der Waals surface area (Å²) in [5, 5.41) is 3.04. The van der Waals surface area contributed by atoms with Gasteiger partial charge in [-0.3, -0.25) is 9.59 Å². The van der Waals surface area contributed by atoms with E-state index in [1.165, 1.54) is 0 Å². The number of hydrogen-bond acceptors (Lipinski definition) is 5. The number of nitrogens with one attached hydrogen (secondary N) is 1. The summed E-state index contributed by atoms with van der Waals surface area (Å²) < 4.78 is 10.4. The van der Waals surface area contributed by atoms with Gasteiger partial charge in [-0.1, -0.05) is 38.1 Å². The minimum Gasteiger partial charge on any atom is -0.497 e. The summed E-state index contributed by atoms with van der Waals surface area (Å²) >= 11 is 1.55. The Morgan fingerprint density at radius 1 is 0.909 bits per heavy atom. The Kier molecular flexibility index (Phi) is 11.1. The number of rotatable bonds is 13.